The number of hydrogen-bond acceptors (Lipinski definition) is 5. The highest BCUT2D eigenvalue weighted by molar-refractivity contribution is 7.93. The molecule has 1 aliphatic heterocycles. The van der Waals surface area contributed by atoms with Crippen molar-refractivity contribution in [3.05, 3.63) is 53.6 Å². The lowest BCUT2D eigenvalue weighted by Crippen LogP contribution is -2.47. The Labute approximate surface area is 189 Å². The van der Waals surface area contributed by atoms with Crippen LogP contribution in [0.2, 0.25) is 0 Å². The lowest BCUT2D eigenvalue weighted by Gasteiger charge is -2.28. The molecule has 0 aromatic heterocycles. The summed E-state index contributed by atoms with van der Waals surface area (Å²) in [6.07, 6.45) is 2.48. The van der Waals surface area contributed by atoms with E-state index in [0.29, 0.717) is 42.7 Å². The van der Waals surface area contributed by atoms with Gasteiger partial charge in [-0.3, -0.25) is 9.10 Å². The average molecular weight is 477 g/mol. The SMILES string of the molecule is Cc1ccc(C)c(S(=O)(=O)C2(C(=O)Nc3ccc(N4CCCS4(=O)=O)cc3)CCCC2)c1. The van der Waals surface area contributed by atoms with Crippen LogP contribution in [0.3, 0.4) is 0 Å². The molecule has 1 saturated heterocycles. The van der Waals surface area contributed by atoms with Crippen molar-refractivity contribution in [1.29, 1.82) is 0 Å². The van der Waals surface area contributed by atoms with Crippen LogP contribution in [-0.2, 0) is 24.7 Å². The number of sulfone groups is 1. The summed E-state index contributed by atoms with van der Waals surface area (Å²) in [4.78, 5) is 13.6. The van der Waals surface area contributed by atoms with Crippen molar-refractivity contribution in [1.82, 2.24) is 0 Å². The zero-order valence-electron chi connectivity index (χ0n) is 18.3. The van der Waals surface area contributed by atoms with Crippen LogP contribution in [0.15, 0.2) is 47.4 Å². The summed E-state index contributed by atoms with van der Waals surface area (Å²) in [5, 5.41) is 2.79. The molecule has 1 amide bonds. The second-order valence-electron chi connectivity index (χ2n) is 8.72. The number of amides is 1. The van der Waals surface area contributed by atoms with Gasteiger partial charge in [0.2, 0.25) is 15.9 Å². The maximum Gasteiger partial charge on any atom is 0.246 e. The first-order chi connectivity index (χ1) is 15.1. The number of carbonyl (C=O) groups excluding carboxylic acids is 1. The van der Waals surface area contributed by atoms with Gasteiger partial charge in [0.25, 0.3) is 0 Å². The van der Waals surface area contributed by atoms with Crippen molar-refractivity contribution < 1.29 is 21.6 Å². The van der Waals surface area contributed by atoms with E-state index in [1.165, 1.54) is 4.31 Å². The van der Waals surface area contributed by atoms with Crippen LogP contribution in [0.25, 0.3) is 0 Å². The molecule has 1 N–H and O–H groups in total. The van der Waals surface area contributed by atoms with Crippen LogP contribution in [0.1, 0.15) is 43.2 Å². The fourth-order valence-electron chi connectivity index (χ4n) is 4.66. The van der Waals surface area contributed by atoms with Crippen LogP contribution in [0.5, 0.6) is 0 Å². The molecule has 2 aromatic carbocycles. The van der Waals surface area contributed by atoms with Gasteiger partial charge in [-0.1, -0.05) is 25.0 Å². The largest absolute Gasteiger partial charge is 0.325 e. The molecule has 2 fully saturated rings. The zero-order chi connectivity index (χ0) is 23.1. The summed E-state index contributed by atoms with van der Waals surface area (Å²) in [6, 6.07) is 11.8. The zero-order valence-corrected chi connectivity index (χ0v) is 19.9. The normalized spacial score (nSPS) is 19.8. The second-order valence-corrected chi connectivity index (χ2v) is 13.0. The third kappa shape index (κ3) is 3.81. The molecule has 0 radical (unpaired) electrons. The Morgan fingerprint density at radius 1 is 1.00 bits per heavy atom. The second kappa shape index (κ2) is 8.19. The van der Waals surface area contributed by atoms with Crippen molar-refractivity contribution in [3.63, 3.8) is 0 Å². The van der Waals surface area contributed by atoms with E-state index in [1.807, 2.05) is 13.0 Å². The molecule has 32 heavy (non-hydrogen) atoms. The van der Waals surface area contributed by atoms with E-state index in [0.717, 1.165) is 5.56 Å². The molecule has 1 heterocycles. The molecule has 2 aromatic rings. The number of nitrogens with zero attached hydrogens (tertiary/aromatic N) is 1. The minimum absolute atomic E-state index is 0.129. The van der Waals surface area contributed by atoms with Gasteiger partial charge >= 0.3 is 0 Å². The number of nitrogens with one attached hydrogen (secondary N) is 1. The molecule has 172 valence electrons. The van der Waals surface area contributed by atoms with Gasteiger partial charge in [-0.25, -0.2) is 16.8 Å². The number of hydrogen-bond donors (Lipinski definition) is 1. The van der Waals surface area contributed by atoms with Gasteiger partial charge in [0.1, 0.15) is 0 Å². The van der Waals surface area contributed by atoms with E-state index in [2.05, 4.69) is 5.32 Å². The number of benzene rings is 2. The molecule has 0 bridgehead atoms. The Balaban J connectivity index is 1.62. The van der Waals surface area contributed by atoms with E-state index < -0.39 is 30.5 Å². The number of carbonyl (C=O) groups is 1. The number of anilines is 2. The van der Waals surface area contributed by atoms with E-state index in [9.17, 15) is 21.6 Å². The molecule has 0 atom stereocenters. The Morgan fingerprint density at radius 3 is 2.25 bits per heavy atom. The number of sulfonamides is 1. The van der Waals surface area contributed by atoms with Crippen LogP contribution >= 0.6 is 0 Å². The van der Waals surface area contributed by atoms with Crippen LogP contribution in [-0.4, -0.2) is 39.8 Å². The van der Waals surface area contributed by atoms with Gasteiger partial charge < -0.3 is 5.32 Å². The highest BCUT2D eigenvalue weighted by atomic mass is 32.2. The summed E-state index contributed by atoms with van der Waals surface area (Å²) >= 11 is 0. The molecule has 2 aliphatic rings. The number of rotatable bonds is 5. The minimum Gasteiger partial charge on any atom is -0.325 e. The summed E-state index contributed by atoms with van der Waals surface area (Å²) in [6.45, 7) is 4.02. The summed E-state index contributed by atoms with van der Waals surface area (Å²) < 4.78 is 51.6. The molecule has 4 rings (SSSR count). The Hall–Kier alpha value is -2.39. The van der Waals surface area contributed by atoms with Crippen LogP contribution in [0.4, 0.5) is 11.4 Å². The molecule has 0 spiro atoms. The highest BCUT2D eigenvalue weighted by Crippen LogP contribution is 2.42. The maximum absolute atomic E-state index is 13.7. The molecule has 1 aliphatic carbocycles. The first kappa shape index (κ1) is 22.8. The van der Waals surface area contributed by atoms with Crippen LogP contribution < -0.4 is 9.62 Å². The molecule has 0 unspecified atom stereocenters. The van der Waals surface area contributed by atoms with Gasteiger partial charge in [-0.05, 0) is 74.6 Å². The Kier molecular flexibility index (Phi) is 5.83. The first-order valence-corrected chi connectivity index (χ1v) is 13.9. The minimum atomic E-state index is -3.91. The summed E-state index contributed by atoms with van der Waals surface area (Å²) in [5.41, 5.74) is 2.44. The van der Waals surface area contributed by atoms with Crippen molar-refractivity contribution in [2.75, 3.05) is 21.9 Å². The highest BCUT2D eigenvalue weighted by Gasteiger charge is 2.53. The molecule has 7 nitrogen and oxygen atoms in total. The first-order valence-electron chi connectivity index (χ1n) is 10.8. The van der Waals surface area contributed by atoms with E-state index >= 15 is 0 Å². The quantitative estimate of drug-likeness (QED) is 0.711. The van der Waals surface area contributed by atoms with Gasteiger partial charge in [0.05, 0.1) is 16.3 Å². The van der Waals surface area contributed by atoms with Crippen LogP contribution in [0, 0.1) is 13.8 Å². The van der Waals surface area contributed by atoms with Crippen molar-refractivity contribution in [3.8, 4) is 0 Å². The van der Waals surface area contributed by atoms with Crippen molar-refractivity contribution in [2.45, 2.75) is 55.6 Å². The Bertz CT molecular complexity index is 1250. The topological polar surface area (TPSA) is 101 Å². The van der Waals surface area contributed by atoms with Crippen molar-refractivity contribution >= 4 is 37.1 Å². The number of aryl methyl sites for hydroxylation is 2. The predicted molar refractivity (Wildman–Crippen MR) is 125 cm³/mol. The molecule has 1 saturated carbocycles. The standard InChI is InChI=1S/C23H28N2O5S2/c1-17-6-7-18(2)21(16-17)32(29,30)23(12-3-4-13-23)22(26)24-19-8-10-20(11-9-19)25-14-5-15-31(25,27)28/h6-11,16H,3-5,12-15H2,1-2H3,(H,24,26). The third-order valence-corrected chi connectivity index (χ3v) is 11.0. The predicted octanol–water partition coefficient (Wildman–Crippen LogP) is 3.57. The van der Waals surface area contributed by atoms with E-state index in [-0.39, 0.29) is 23.5 Å². The average Bonchev–Trinajstić information content (AvgIpc) is 3.38. The third-order valence-electron chi connectivity index (χ3n) is 6.49. The maximum atomic E-state index is 13.7. The molecular weight excluding hydrogens is 448 g/mol. The van der Waals surface area contributed by atoms with Crippen molar-refractivity contribution in [2.24, 2.45) is 0 Å². The monoisotopic (exact) mass is 476 g/mol. The fraction of sp³-hybridized carbons (Fsp3) is 0.435. The van der Waals surface area contributed by atoms with E-state index in [4.69, 9.17) is 0 Å². The van der Waals surface area contributed by atoms with Gasteiger partial charge in [-0.2, -0.15) is 0 Å². The van der Waals surface area contributed by atoms with E-state index in [1.54, 1.807) is 43.3 Å². The van der Waals surface area contributed by atoms with Gasteiger partial charge in [0.15, 0.2) is 14.6 Å². The van der Waals surface area contributed by atoms with Gasteiger partial charge in [-0.15, -0.1) is 0 Å². The summed E-state index contributed by atoms with van der Waals surface area (Å²) in [7, 11) is -7.20. The Morgan fingerprint density at radius 2 is 1.66 bits per heavy atom. The molecular formula is C23H28N2O5S2. The van der Waals surface area contributed by atoms with Gasteiger partial charge in [0, 0.05) is 12.2 Å². The molecule has 9 heteroatoms. The smallest absolute Gasteiger partial charge is 0.246 e. The lowest BCUT2D eigenvalue weighted by atomic mass is 10.1. The lowest BCUT2D eigenvalue weighted by molar-refractivity contribution is -0.118. The fourth-order valence-corrected chi connectivity index (χ4v) is 8.60. The summed E-state index contributed by atoms with van der Waals surface area (Å²) in [5.74, 6) is -0.401.